The van der Waals surface area contributed by atoms with Crippen LogP contribution in [0.5, 0.6) is 0 Å². The van der Waals surface area contributed by atoms with Gasteiger partial charge >= 0.3 is 0 Å². The Balaban J connectivity index is 1.72. The summed E-state index contributed by atoms with van der Waals surface area (Å²) in [6.07, 6.45) is 4.58. The molecule has 0 radical (unpaired) electrons. The summed E-state index contributed by atoms with van der Waals surface area (Å²) in [5.74, 6) is 1.36. The van der Waals surface area contributed by atoms with Crippen LogP contribution >= 0.6 is 15.9 Å². The molecule has 0 N–H and O–H groups in total. The van der Waals surface area contributed by atoms with Crippen LogP contribution in [0.4, 0.5) is 0 Å². The Morgan fingerprint density at radius 3 is 2.90 bits per heavy atom. The lowest BCUT2D eigenvalue weighted by Gasteiger charge is -2.04. The van der Waals surface area contributed by atoms with Gasteiger partial charge in [0.2, 0.25) is 11.7 Å². The van der Waals surface area contributed by atoms with Crippen molar-refractivity contribution >= 4 is 21.7 Å². The summed E-state index contributed by atoms with van der Waals surface area (Å²) in [5, 5.41) is 3.95. The molecule has 1 heterocycles. The zero-order chi connectivity index (χ0) is 13.9. The van der Waals surface area contributed by atoms with Crippen LogP contribution in [-0.4, -0.2) is 15.9 Å². The van der Waals surface area contributed by atoms with Crippen molar-refractivity contribution in [3.63, 3.8) is 0 Å². The number of Topliss-reactive ketones (excluding diaryl/α,β-unsaturated/α-hetero) is 1. The number of carbonyl (C=O) groups excluding carboxylic acids is 1. The van der Waals surface area contributed by atoms with Crippen molar-refractivity contribution in [3.8, 4) is 11.4 Å². The number of ketones is 1. The second-order valence-corrected chi connectivity index (χ2v) is 6.06. The molecule has 4 nitrogen and oxygen atoms in total. The van der Waals surface area contributed by atoms with Gasteiger partial charge in [-0.25, -0.2) is 0 Å². The molecule has 3 rings (SSSR count). The Morgan fingerprint density at radius 1 is 1.35 bits per heavy atom. The lowest BCUT2D eigenvalue weighted by Crippen LogP contribution is -2.13. The zero-order valence-corrected chi connectivity index (χ0v) is 12.6. The lowest BCUT2D eigenvalue weighted by atomic mass is 10.0. The predicted octanol–water partition coefficient (Wildman–Crippen LogP) is 3.80. The summed E-state index contributed by atoms with van der Waals surface area (Å²) in [6, 6.07) is 7.69. The molecule has 5 heteroatoms. The van der Waals surface area contributed by atoms with Gasteiger partial charge in [0.05, 0.1) is 6.42 Å². The molecule has 0 atom stereocenters. The van der Waals surface area contributed by atoms with Crippen LogP contribution in [-0.2, 0) is 11.2 Å². The second-order valence-electron chi connectivity index (χ2n) is 5.15. The van der Waals surface area contributed by atoms with Crippen LogP contribution < -0.4 is 0 Å². The summed E-state index contributed by atoms with van der Waals surface area (Å²) in [4.78, 5) is 16.4. The molecule has 20 heavy (non-hydrogen) atoms. The quantitative estimate of drug-likeness (QED) is 0.853. The van der Waals surface area contributed by atoms with Gasteiger partial charge in [-0.3, -0.25) is 4.79 Å². The maximum atomic E-state index is 12.1. The summed E-state index contributed by atoms with van der Waals surface area (Å²) in [5.41, 5.74) is 0.877. The zero-order valence-electron chi connectivity index (χ0n) is 11.0. The van der Waals surface area contributed by atoms with Crippen molar-refractivity contribution in [1.82, 2.24) is 10.1 Å². The van der Waals surface area contributed by atoms with Crippen molar-refractivity contribution in [2.24, 2.45) is 5.92 Å². The monoisotopic (exact) mass is 334 g/mol. The first kappa shape index (κ1) is 13.5. The Morgan fingerprint density at radius 2 is 2.15 bits per heavy atom. The van der Waals surface area contributed by atoms with Crippen molar-refractivity contribution in [1.29, 1.82) is 0 Å². The Kier molecular flexibility index (Phi) is 3.96. The van der Waals surface area contributed by atoms with Crippen molar-refractivity contribution in [2.45, 2.75) is 32.1 Å². The van der Waals surface area contributed by atoms with Gasteiger partial charge in [-0.05, 0) is 25.0 Å². The highest BCUT2D eigenvalue weighted by molar-refractivity contribution is 9.10. The third-order valence-electron chi connectivity index (χ3n) is 3.69. The smallest absolute Gasteiger partial charge is 0.234 e. The van der Waals surface area contributed by atoms with Crippen LogP contribution in [0.2, 0.25) is 0 Å². The van der Waals surface area contributed by atoms with E-state index in [9.17, 15) is 4.79 Å². The number of benzene rings is 1. The van der Waals surface area contributed by atoms with Crippen LogP contribution in [0.1, 0.15) is 31.6 Å². The maximum Gasteiger partial charge on any atom is 0.234 e. The molecule has 1 aliphatic rings. The largest absolute Gasteiger partial charge is 0.339 e. The summed E-state index contributed by atoms with van der Waals surface area (Å²) in [7, 11) is 0. The van der Waals surface area contributed by atoms with Crippen LogP contribution in [0.15, 0.2) is 33.3 Å². The van der Waals surface area contributed by atoms with Gasteiger partial charge in [-0.15, -0.1) is 0 Å². The fraction of sp³-hybridized carbons (Fsp3) is 0.400. The van der Waals surface area contributed by atoms with Crippen LogP contribution in [0, 0.1) is 5.92 Å². The minimum Gasteiger partial charge on any atom is -0.339 e. The molecule has 0 bridgehead atoms. The fourth-order valence-electron chi connectivity index (χ4n) is 2.61. The first-order chi connectivity index (χ1) is 9.72. The molecule has 1 aromatic carbocycles. The van der Waals surface area contributed by atoms with E-state index in [2.05, 4.69) is 26.1 Å². The van der Waals surface area contributed by atoms with Gasteiger partial charge in [0.1, 0.15) is 5.78 Å². The maximum absolute atomic E-state index is 12.1. The summed E-state index contributed by atoms with van der Waals surface area (Å²) in [6.45, 7) is 0. The standard InChI is InChI=1S/C15H15BrN2O2/c16-12-7-3-6-11(8-12)15-17-14(20-18-15)9-13(19)10-4-1-2-5-10/h3,6-8,10H,1-2,4-5,9H2. The van der Waals surface area contributed by atoms with E-state index < -0.39 is 0 Å². The molecule has 1 saturated carbocycles. The van der Waals surface area contributed by atoms with Crippen molar-refractivity contribution in [3.05, 3.63) is 34.6 Å². The molecule has 1 aromatic heterocycles. The highest BCUT2D eigenvalue weighted by atomic mass is 79.9. The molecular formula is C15H15BrN2O2. The normalized spacial score (nSPS) is 15.7. The number of rotatable bonds is 4. The predicted molar refractivity (Wildman–Crippen MR) is 78.1 cm³/mol. The van der Waals surface area contributed by atoms with E-state index in [0.717, 1.165) is 35.7 Å². The average Bonchev–Trinajstić information content (AvgIpc) is 3.10. The van der Waals surface area contributed by atoms with Gasteiger partial charge < -0.3 is 4.52 Å². The first-order valence-electron chi connectivity index (χ1n) is 6.83. The molecule has 0 unspecified atom stereocenters. The van der Waals surface area contributed by atoms with E-state index in [0.29, 0.717) is 11.7 Å². The van der Waals surface area contributed by atoms with E-state index in [-0.39, 0.29) is 18.1 Å². The Hall–Kier alpha value is -1.49. The van der Waals surface area contributed by atoms with E-state index in [1.54, 1.807) is 0 Å². The van der Waals surface area contributed by atoms with Crippen LogP contribution in [0.3, 0.4) is 0 Å². The van der Waals surface area contributed by atoms with Gasteiger partial charge in [0.15, 0.2) is 0 Å². The first-order valence-corrected chi connectivity index (χ1v) is 7.63. The number of hydrogen-bond donors (Lipinski definition) is 0. The number of halogens is 1. The van der Waals surface area contributed by atoms with E-state index in [1.807, 2.05) is 24.3 Å². The topological polar surface area (TPSA) is 56.0 Å². The number of aromatic nitrogens is 2. The molecule has 2 aromatic rings. The van der Waals surface area contributed by atoms with Gasteiger partial charge in [-0.2, -0.15) is 4.98 Å². The third-order valence-corrected chi connectivity index (χ3v) is 4.18. The van der Waals surface area contributed by atoms with Gasteiger partial charge in [0, 0.05) is 16.0 Å². The summed E-state index contributed by atoms with van der Waals surface area (Å²) < 4.78 is 6.15. The minimum absolute atomic E-state index is 0.191. The van der Waals surface area contributed by atoms with Gasteiger partial charge in [0.25, 0.3) is 0 Å². The van der Waals surface area contributed by atoms with E-state index >= 15 is 0 Å². The van der Waals surface area contributed by atoms with Gasteiger partial charge in [-0.1, -0.05) is 46.1 Å². The molecule has 1 aliphatic carbocycles. The second kappa shape index (κ2) is 5.87. The number of nitrogens with zero attached hydrogens (tertiary/aromatic N) is 2. The van der Waals surface area contributed by atoms with E-state index in [1.165, 1.54) is 0 Å². The van der Waals surface area contributed by atoms with Crippen molar-refractivity contribution < 1.29 is 9.32 Å². The van der Waals surface area contributed by atoms with Crippen LogP contribution in [0.25, 0.3) is 11.4 Å². The van der Waals surface area contributed by atoms with Crippen molar-refractivity contribution in [2.75, 3.05) is 0 Å². The summed E-state index contributed by atoms with van der Waals surface area (Å²) >= 11 is 3.41. The highest BCUT2D eigenvalue weighted by Crippen LogP contribution is 2.27. The molecule has 0 aliphatic heterocycles. The number of carbonyl (C=O) groups is 1. The number of hydrogen-bond acceptors (Lipinski definition) is 4. The van der Waals surface area contributed by atoms with E-state index in [4.69, 9.17) is 4.52 Å². The SMILES string of the molecule is O=C(Cc1nc(-c2cccc(Br)c2)no1)C1CCCC1. The molecule has 0 spiro atoms. The molecule has 104 valence electrons. The molecule has 1 fully saturated rings. The Bertz CT molecular complexity index is 618. The Labute approximate surface area is 125 Å². The third kappa shape index (κ3) is 2.98. The highest BCUT2D eigenvalue weighted by Gasteiger charge is 2.24. The molecule has 0 saturated heterocycles. The lowest BCUT2D eigenvalue weighted by molar-refractivity contribution is -0.122. The average molecular weight is 335 g/mol. The molecular weight excluding hydrogens is 320 g/mol. The molecule has 0 amide bonds. The fourth-order valence-corrected chi connectivity index (χ4v) is 3.01. The minimum atomic E-state index is 0.191.